The molecule has 0 unspecified atom stereocenters. The summed E-state index contributed by atoms with van der Waals surface area (Å²) in [6, 6.07) is 50.0. The van der Waals surface area contributed by atoms with Crippen LogP contribution in [-0.4, -0.2) is 9.55 Å². The number of fused-ring (bicyclic) bond motifs is 3. The molecule has 59 heavy (non-hydrogen) atoms. The first-order valence-corrected chi connectivity index (χ1v) is 19.2. The molecule has 0 atom stereocenters. The number of imidazole rings is 1. The van der Waals surface area contributed by atoms with Gasteiger partial charge in [0, 0.05) is 33.7 Å². The molecule has 6 aromatic carbocycles. The predicted molar refractivity (Wildman–Crippen MR) is 234 cm³/mol. The van der Waals surface area contributed by atoms with Crippen LogP contribution in [0.4, 0.5) is 0 Å². The number of hydrogen-bond donors (Lipinski definition) is 0. The largest absolute Gasteiger partial charge is 3.00 e. The predicted octanol–water partition coefficient (Wildman–Crippen LogP) is 12.8. The van der Waals surface area contributed by atoms with Crippen LogP contribution in [0.5, 0.6) is 0 Å². The first-order valence-electron chi connectivity index (χ1n) is 22.2. The Bertz CT molecular complexity index is 3120. The number of hydrogen-bond acceptors (Lipinski definition) is 3. The van der Waals surface area contributed by atoms with E-state index in [4.69, 9.17) is 17.6 Å². The quantitative estimate of drug-likeness (QED) is 0.118. The van der Waals surface area contributed by atoms with Crippen molar-refractivity contribution in [3.63, 3.8) is 0 Å². The topological polar surface area (TPSA) is 58.6 Å². The maximum absolute atomic E-state index is 10.2. The molecule has 9 rings (SSSR count). The third kappa shape index (κ3) is 8.18. The van der Waals surface area contributed by atoms with Crippen molar-refractivity contribution >= 4 is 21.9 Å². The summed E-state index contributed by atoms with van der Waals surface area (Å²) in [5, 5.41) is 11.9. The third-order valence-electron chi connectivity index (χ3n) is 10.3. The molecule has 6 heteroatoms. The van der Waals surface area contributed by atoms with Crippen molar-refractivity contribution in [3.8, 4) is 56.4 Å². The molecule has 0 spiro atoms. The van der Waals surface area contributed by atoms with Crippen LogP contribution >= 0.6 is 0 Å². The Morgan fingerprint density at radius 3 is 2.12 bits per heavy atom. The van der Waals surface area contributed by atoms with E-state index in [1.807, 2.05) is 78.9 Å². The first-order chi connectivity index (χ1) is 30.6. The van der Waals surface area contributed by atoms with Gasteiger partial charge in [0.1, 0.15) is 5.58 Å². The summed E-state index contributed by atoms with van der Waals surface area (Å²) in [4.78, 5) is 4.72. The van der Waals surface area contributed by atoms with Crippen molar-refractivity contribution < 1.29 is 37.3 Å². The summed E-state index contributed by atoms with van der Waals surface area (Å²) in [5.74, 6) is 0.351. The van der Waals surface area contributed by atoms with Gasteiger partial charge in [-0.25, -0.2) is 0 Å². The van der Waals surface area contributed by atoms with Crippen molar-refractivity contribution in [2.45, 2.75) is 46.4 Å². The molecule has 0 bridgehead atoms. The van der Waals surface area contributed by atoms with E-state index >= 15 is 0 Å². The molecule has 0 fully saturated rings. The Hall–Kier alpha value is -6.38. The Kier molecular flexibility index (Phi) is 10.0. The molecule has 0 saturated carbocycles. The van der Waals surface area contributed by atoms with Gasteiger partial charge in [0.05, 0.1) is 28.3 Å². The number of nitrogens with zero attached hydrogens (tertiary/aromatic N) is 4. The van der Waals surface area contributed by atoms with E-state index in [9.17, 15) is 5.26 Å². The summed E-state index contributed by atoms with van der Waals surface area (Å²) in [6.45, 7) is 3.97. The maximum Gasteiger partial charge on any atom is 3.00 e. The van der Waals surface area contributed by atoms with Crippen LogP contribution in [-0.2, 0) is 27.1 Å². The molecule has 290 valence electrons. The molecular weight excluding hydrogens is 901 g/mol. The minimum absolute atomic E-state index is 0. The van der Waals surface area contributed by atoms with Gasteiger partial charge in [0.2, 0.25) is 6.33 Å². The van der Waals surface area contributed by atoms with Crippen molar-refractivity contribution in [3.05, 3.63) is 187 Å². The fourth-order valence-electron chi connectivity index (χ4n) is 7.48. The van der Waals surface area contributed by atoms with Gasteiger partial charge in [-0.05, 0) is 75.0 Å². The molecule has 0 aliphatic rings. The SMILES string of the molecule is [2H]C([2H])([2H])[n+]1[c-]n(-c2[c-]cccc2)cc1.[2H]C([2H])([2H])c1cnc(-c2[c-]ccc3c2oc2c(-c4ccc(-c5ccccc5)cc4)c(C#N)ccc23)cc1-c1c(C(C)C)cccc1C(C)C.[Ir+3]. The second-order valence-corrected chi connectivity index (χ2v) is 14.7. The molecule has 0 radical (unpaired) electrons. The summed E-state index contributed by atoms with van der Waals surface area (Å²) >= 11 is 0. The first kappa shape index (κ1) is 33.6. The minimum Gasteiger partial charge on any atom is -0.500 e. The summed E-state index contributed by atoms with van der Waals surface area (Å²) in [6.07, 6.45) is 7.30. The molecule has 5 nitrogen and oxygen atoms in total. The van der Waals surface area contributed by atoms with Gasteiger partial charge in [-0.1, -0.05) is 129 Å². The van der Waals surface area contributed by atoms with E-state index in [0.29, 0.717) is 33.6 Å². The van der Waals surface area contributed by atoms with Gasteiger partial charge in [0.25, 0.3) is 0 Å². The molecule has 3 aromatic heterocycles. The zero-order valence-electron chi connectivity index (χ0n) is 39.0. The number of nitriles is 1. The zero-order chi connectivity index (χ0) is 45.3. The van der Waals surface area contributed by atoms with E-state index < -0.39 is 13.8 Å². The number of pyridine rings is 1. The number of rotatable bonds is 7. The molecule has 3 heterocycles. The Morgan fingerprint density at radius 2 is 1.46 bits per heavy atom. The average Bonchev–Trinajstić information content (AvgIpc) is 3.96. The van der Waals surface area contributed by atoms with E-state index in [1.54, 1.807) is 16.8 Å². The molecule has 0 saturated heterocycles. The van der Waals surface area contributed by atoms with Gasteiger partial charge >= 0.3 is 20.1 Å². The van der Waals surface area contributed by atoms with Crippen LogP contribution in [0.25, 0.3) is 72.3 Å². The van der Waals surface area contributed by atoms with Crippen LogP contribution in [0.15, 0.2) is 150 Å². The second kappa shape index (κ2) is 17.6. The normalized spacial score (nSPS) is 13.0. The van der Waals surface area contributed by atoms with E-state index in [-0.39, 0.29) is 37.5 Å². The number of para-hydroxylation sites is 1. The monoisotopic (exact) mass is 951 g/mol. The van der Waals surface area contributed by atoms with Crippen LogP contribution < -0.4 is 4.57 Å². The van der Waals surface area contributed by atoms with Crippen molar-refractivity contribution in [1.29, 1.82) is 5.26 Å². The van der Waals surface area contributed by atoms with E-state index in [2.05, 4.69) is 94.7 Å². The van der Waals surface area contributed by atoms with E-state index in [1.165, 1.54) is 12.4 Å². The number of aromatic nitrogens is 3. The molecule has 9 aromatic rings. The standard InChI is InChI=1S/C43H35N2O.C10H9N2.Ir/c1-26(2)33-13-9-14-34(27(3)4)41(33)38-23-39(45-25-28(38)5)37-16-10-15-35-36-22-21-32(24-44)40(43(36)46-42(35)37)31-19-17-30(18-20-31)29-11-7-6-8-12-29;1-11-7-8-12(9-11)10-5-3-2-4-6-10;/h6-15,17-23,25-27H,1-5H3;2-5,7-8H,1H3;/q2*-1;+3/i5D3;1D3;. The maximum atomic E-state index is 10.2. The van der Waals surface area contributed by atoms with Gasteiger partial charge < -0.3 is 18.5 Å². The number of aryl methyl sites for hydroxylation is 2. The fourth-order valence-corrected chi connectivity index (χ4v) is 7.48. The third-order valence-corrected chi connectivity index (χ3v) is 10.3. The Morgan fingerprint density at radius 1 is 0.746 bits per heavy atom. The van der Waals surface area contributed by atoms with Crippen LogP contribution in [0.2, 0.25) is 0 Å². The molecular formula is C53H44IrN4O+. The Labute approximate surface area is 369 Å². The number of furan rings is 1. The second-order valence-electron chi connectivity index (χ2n) is 14.7. The molecule has 0 aliphatic heterocycles. The van der Waals surface area contributed by atoms with Gasteiger partial charge in [-0.3, -0.25) is 0 Å². The number of benzene rings is 6. The summed E-state index contributed by atoms with van der Waals surface area (Å²) < 4.78 is 56.3. The Balaban J connectivity index is 0.000000333. The zero-order valence-corrected chi connectivity index (χ0v) is 35.4. The average molecular weight is 951 g/mol. The molecule has 0 aliphatic carbocycles. The van der Waals surface area contributed by atoms with Crippen LogP contribution in [0.3, 0.4) is 0 Å². The molecule has 0 N–H and O–H groups in total. The smallest absolute Gasteiger partial charge is 0.500 e. The summed E-state index contributed by atoms with van der Waals surface area (Å²) in [5.41, 5.74) is 11.4. The van der Waals surface area contributed by atoms with Gasteiger partial charge in [0.15, 0.2) is 0 Å². The summed E-state index contributed by atoms with van der Waals surface area (Å²) in [7, 11) is 0. The fraction of sp³-hybridized carbons (Fsp3) is 0.151. The van der Waals surface area contributed by atoms with Crippen molar-refractivity contribution in [2.75, 3.05) is 0 Å². The van der Waals surface area contributed by atoms with Gasteiger partial charge in [-0.15, -0.1) is 18.2 Å². The minimum atomic E-state index is -2.37. The van der Waals surface area contributed by atoms with E-state index in [0.717, 1.165) is 60.0 Å². The van der Waals surface area contributed by atoms with Gasteiger partial charge in [-0.2, -0.15) is 35.6 Å². The molecule has 0 amide bonds. The van der Waals surface area contributed by atoms with Crippen LogP contribution in [0.1, 0.15) is 70.0 Å². The van der Waals surface area contributed by atoms with Crippen LogP contribution in [0, 0.1) is 36.6 Å². The van der Waals surface area contributed by atoms with Crippen molar-refractivity contribution in [1.82, 2.24) is 9.55 Å². The van der Waals surface area contributed by atoms with Crippen molar-refractivity contribution in [2.24, 2.45) is 6.98 Å².